The Bertz CT molecular complexity index is 2560. The second-order valence-corrected chi connectivity index (χ2v) is 12.1. The zero-order valence-electron chi connectivity index (χ0n) is 25.3. The largest absolute Gasteiger partial charge is 0.0622 e. The second kappa shape index (κ2) is 10.9. The van der Waals surface area contributed by atoms with Crippen LogP contribution in [0.1, 0.15) is 0 Å². The van der Waals surface area contributed by atoms with Crippen LogP contribution < -0.4 is 0 Å². The molecule has 0 bridgehead atoms. The summed E-state index contributed by atoms with van der Waals surface area (Å²) in [6.07, 6.45) is 0. The average Bonchev–Trinajstić information content (AvgIpc) is 3.14. The molecule has 46 heavy (non-hydrogen) atoms. The lowest BCUT2D eigenvalue weighted by Crippen LogP contribution is -1.87. The van der Waals surface area contributed by atoms with Gasteiger partial charge in [-0.15, -0.1) is 0 Å². The molecule has 214 valence electrons. The Hall–Kier alpha value is -5.98. The average molecular weight is 583 g/mol. The minimum absolute atomic E-state index is 1.22. The highest BCUT2D eigenvalue weighted by Crippen LogP contribution is 2.38. The van der Waals surface area contributed by atoms with Crippen LogP contribution in [-0.2, 0) is 0 Å². The van der Waals surface area contributed by atoms with E-state index in [0.29, 0.717) is 0 Å². The summed E-state index contributed by atoms with van der Waals surface area (Å²) in [6.45, 7) is 0. The molecule has 0 heteroatoms. The van der Waals surface area contributed by atoms with E-state index in [9.17, 15) is 0 Å². The maximum Gasteiger partial charge on any atom is -0.00992 e. The first-order valence-corrected chi connectivity index (χ1v) is 15.9. The van der Waals surface area contributed by atoms with E-state index in [1.807, 2.05) is 0 Å². The van der Waals surface area contributed by atoms with Crippen molar-refractivity contribution in [3.63, 3.8) is 0 Å². The lowest BCUT2D eigenvalue weighted by atomic mass is 9.90. The summed E-state index contributed by atoms with van der Waals surface area (Å²) in [5.41, 5.74) is 9.94. The summed E-state index contributed by atoms with van der Waals surface area (Å²) in [5, 5.41) is 10.2. The molecule has 0 aliphatic carbocycles. The smallest absolute Gasteiger partial charge is 0.00992 e. The molecule has 9 rings (SSSR count). The molecule has 0 unspecified atom stereocenters. The first-order chi connectivity index (χ1) is 22.8. The van der Waals surface area contributed by atoms with Crippen molar-refractivity contribution in [1.29, 1.82) is 0 Å². The molecule has 0 radical (unpaired) electrons. The Morgan fingerprint density at radius 2 is 0.630 bits per heavy atom. The SMILES string of the molecule is c1ccc(-c2ccc3cc(-c4ccc(-c5ccc(-c6ccc7c(ccc8ccccc87)c6)c6ccccc56)cc4)ccc3c2)cc1. The third kappa shape index (κ3) is 4.55. The van der Waals surface area contributed by atoms with E-state index in [2.05, 4.69) is 182 Å². The van der Waals surface area contributed by atoms with E-state index in [-0.39, 0.29) is 0 Å². The van der Waals surface area contributed by atoms with E-state index < -0.39 is 0 Å². The molecule has 0 amide bonds. The minimum Gasteiger partial charge on any atom is -0.0622 e. The zero-order valence-corrected chi connectivity index (χ0v) is 25.3. The van der Waals surface area contributed by atoms with Crippen LogP contribution in [0.2, 0.25) is 0 Å². The number of fused-ring (bicyclic) bond motifs is 5. The Morgan fingerprint density at radius 1 is 0.196 bits per heavy atom. The van der Waals surface area contributed by atoms with Gasteiger partial charge in [-0.1, -0.05) is 164 Å². The number of benzene rings is 9. The first kappa shape index (κ1) is 26.4. The third-order valence-electron chi connectivity index (χ3n) is 9.46. The lowest BCUT2D eigenvalue weighted by Gasteiger charge is -2.14. The van der Waals surface area contributed by atoms with Gasteiger partial charge in [0.25, 0.3) is 0 Å². The Balaban J connectivity index is 1.06. The molecular weight excluding hydrogens is 553 g/mol. The molecular formula is C46H30. The predicted octanol–water partition coefficient (Wildman–Crippen LogP) is 13.0. The van der Waals surface area contributed by atoms with Crippen LogP contribution in [0.4, 0.5) is 0 Å². The molecule has 0 aliphatic heterocycles. The minimum atomic E-state index is 1.22. The van der Waals surface area contributed by atoms with Crippen LogP contribution in [0.15, 0.2) is 182 Å². The molecule has 0 heterocycles. The third-order valence-corrected chi connectivity index (χ3v) is 9.46. The van der Waals surface area contributed by atoms with Crippen molar-refractivity contribution >= 4 is 43.1 Å². The number of hydrogen-bond acceptors (Lipinski definition) is 0. The van der Waals surface area contributed by atoms with Gasteiger partial charge in [-0.3, -0.25) is 0 Å². The van der Waals surface area contributed by atoms with Gasteiger partial charge in [0.15, 0.2) is 0 Å². The highest BCUT2D eigenvalue weighted by molar-refractivity contribution is 6.10. The van der Waals surface area contributed by atoms with Crippen LogP contribution in [0.5, 0.6) is 0 Å². The van der Waals surface area contributed by atoms with Crippen molar-refractivity contribution in [2.75, 3.05) is 0 Å². The van der Waals surface area contributed by atoms with E-state index in [4.69, 9.17) is 0 Å². The van der Waals surface area contributed by atoms with Gasteiger partial charge in [0, 0.05) is 0 Å². The van der Waals surface area contributed by atoms with Crippen molar-refractivity contribution in [2.24, 2.45) is 0 Å². The van der Waals surface area contributed by atoms with E-state index in [1.54, 1.807) is 0 Å². The maximum absolute atomic E-state index is 2.34. The van der Waals surface area contributed by atoms with Crippen LogP contribution in [0, 0.1) is 0 Å². The Labute approximate surface area is 268 Å². The molecule has 0 fully saturated rings. The normalized spacial score (nSPS) is 11.5. The van der Waals surface area contributed by atoms with Gasteiger partial charge >= 0.3 is 0 Å². The van der Waals surface area contributed by atoms with Crippen LogP contribution >= 0.6 is 0 Å². The topological polar surface area (TPSA) is 0 Å². The van der Waals surface area contributed by atoms with Crippen molar-refractivity contribution in [3.8, 4) is 44.5 Å². The van der Waals surface area contributed by atoms with Crippen molar-refractivity contribution in [2.45, 2.75) is 0 Å². The summed E-state index contributed by atoms with van der Waals surface area (Å²) >= 11 is 0. The van der Waals surface area contributed by atoms with E-state index in [1.165, 1.54) is 87.6 Å². The van der Waals surface area contributed by atoms with Crippen molar-refractivity contribution in [3.05, 3.63) is 182 Å². The zero-order chi connectivity index (χ0) is 30.5. The monoisotopic (exact) mass is 582 g/mol. The first-order valence-electron chi connectivity index (χ1n) is 15.9. The molecule has 0 N–H and O–H groups in total. The second-order valence-electron chi connectivity index (χ2n) is 12.1. The molecule has 0 atom stereocenters. The van der Waals surface area contributed by atoms with Crippen LogP contribution in [0.3, 0.4) is 0 Å². The van der Waals surface area contributed by atoms with E-state index >= 15 is 0 Å². The van der Waals surface area contributed by atoms with Gasteiger partial charge in [0.05, 0.1) is 0 Å². The van der Waals surface area contributed by atoms with Crippen molar-refractivity contribution in [1.82, 2.24) is 0 Å². The predicted molar refractivity (Wildman–Crippen MR) is 198 cm³/mol. The van der Waals surface area contributed by atoms with Gasteiger partial charge < -0.3 is 0 Å². The van der Waals surface area contributed by atoms with E-state index in [0.717, 1.165) is 0 Å². The lowest BCUT2D eigenvalue weighted by molar-refractivity contribution is 1.61. The maximum atomic E-state index is 2.34. The molecule has 0 aromatic heterocycles. The highest BCUT2D eigenvalue weighted by atomic mass is 14.2. The Morgan fingerprint density at radius 3 is 1.33 bits per heavy atom. The summed E-state index contributed by atoms with van der Waals surface area (Å²) in [6, 6.07) is 66.5. The summed E-state index contributed by atoms with van der Waals surface area (Å²) < 4.78 is 0. The number of hydrogen-bond donors (Lipinski definition) is 0. The van der Waals surface area contributed by atoms with Crippen LogP contribution in [-0.4, -0.2) is 0 Å². The van der Waals surface area contributed by atoms with Gasteiger partial charge in [0.2, 0.25) is 0 Å². The summed E-state index contributed by atoms with van der Waals surface area (Å²) in [4.78, 5) is 0. The molecule has 0 nitrogen and oxygen atoms in total. The van der Waals surface area contributed by atoms with Gasteiger partial charge in [0.1, 0.15) is 0 Å². The standard InChI is InChI=1S/C46H30/c1-2-8-31(9-3-1)35-19-21-38-29-36(20-22-37(38)28-35)32-14-16-34(17-15-32)42-26-27-44(46-13-7-6-12-45(42)46)40-24-25-43-39(30-40)23-18-33-10-4-5-11-41(33)43/h1-30H. The fourth-order valence-corrected chi connectivity index (χ4v) is 7.06. The van der Waals surface area contributed by atoms with Gasteiger partial charge in [-0.05, 0) is 106 Å². The molecule has 0 aliphatic rings. The van der Waals surface area contributed by atoms with Crippen molar-refractivity contribution < 1.29 is 0 Å². The Kier molecular flexibility index (Phi) is 6.25. The van der Waals surface area contributed by atoms with Gasteiger partial charge in [-0.2, -0.15) is 0 Å². The highest BCUT2D eigenvalue weighted by Gasteiger charge is 2.11. The molecule has 0 saturated carbocycles. The summed E-state index contributed by atoms with van der Waals surface area (Å²) in [5.74, 6) is 0. The fourth-order valence-electron chi connectivity index (χ4n) is 7.06. The molecule has 0 spiro atoms. The summed E-state index contributed by atoms with van der Waals surface area (Å²) in [7, 11) is 0. The number of rotatable bonds is 4. The molecule has 9 aromatic carbocycles. The molecule has 0 saturated heterocycles. The molecule has 9 aromatic rings. The van der Waals surface area contributed by atoms with Crippen LogP contribution in [0.25, 0.3) is 87.6 Å². The fraction of sp³-hybridized carbons (Fsp3) is 0. The quantitative estimate of drug-likeness (QED) is 0.181. The van der Waals surface area contributed by atoms with Gasteiger partial charge in [-0.25, -0.2) is 0 Å².